The van der Waals surface area contributed by atoms with Gasteiger partial charge in [-0.05, 0) is 50.4 Å². The molecule has 1 aromatic carbocycles. The van der Waals surface area contributed by atoms with Crippen molar-refractivity contribution in [3.63, 3.8) is 0 Å². The zero-order valence-corrected chi connectivity index (χ0v) is 12.9. The van der Waals surface area contributed by atoms with E-state index in [4.69, 9.17) is 0 Å². The summed E-state index contributed by atoms with van der Waals surface area (Å²) in [6.07, 6.45) is 8.43. The van der Waals surface area contributed by atoms with Gasteiger partial charge in [0.05, 0.1) is 6.33 Å². The Morgan fingerprint density at radius 3 is 2.85 bits per heavy atom. The van der Waals surface area contributed by atoms with Gasteiger partial charge in [-0.1, -0.05) is 13.0 Å². The van der Waals surface area contributed by atoms with Crippen molar-refractivity contribution in [1.82, 2.24) is 14.9 Å². The normalized spacial score (nSPS) is 18.1. The first-order valence-electron chi connectivity index (χ1n) is 7.11. The molecule has 0 unspecified atom stereocenters. The van der Waals surface area contributed by atoms with Crippen LogP contribution in [0.2, 0.25) is 0 Å². The van der Waals surface area contributed by atoms with Crippen LogP contribution in [-0.4, -0.2) is 28.9 Å². The second-order valence-corrected chi connectivity index (χ2v) is 6.54. The van der Waals surface area contributed by atoms with E-state index in [0.29, 0.717) is 0 Å². The van der Waals surface area contributed by atoms with Gasteiger partial charge in [0, 0.05) is 27.9 Å². The van der Waals surface area contributed by atoms with Gasteiger partial charge in [0.1, 0.15) is 0 Å². The lowest BCUT2D eigenvalue weighted by Gasteiger charge is -2.34. The van der Waals surface area contributed by atoms with E-state index in [1.165, 1.54) is 29.1 Å². The monoisotopic (exact) mass is 287 g/mol. The lowest BCUT2D eigenvalue weighted by atomic mass is 9.78. The summed E-state index contributed by atoms with van der Waals surface area (Å²) in [5.74, 6) is 0. The summed E-state index contributed by atoms with van der Waals surface area (Å²) >= 11 is 1.78. The Morgan fingerprint density at radius 1 is 1.30 bits per heavy atom. The minimum Gasteiger partial charge on any atom is -0.317 e. The van der Waals surface area contributed by atoms with Crippen LogP contribution in [0.4, 0.5) is 0 Å². The second kappa shape index (κ2) is 5.62. The fourth-order valence-corrected chi connectivity index (χ4v) is 3.40. The van der Waals surface area contributed by atoms with E-state index in [0.717, 1.165) is 13.1 Å². The van der Waals surface area contributed by atoms with Crippen LogP contribution in [-0.2, 0) is 5.41 Å². The minimum atomic E-state index is 0.219. The first-order valence-corrected chi connectivity index (χ1v) is 8.33. The average molecular weight is 287 g/mol. The molecule has 3 rings (SSSR count). The number of hydrogen-bond acceptors (Lipinski definition) is 3. The molecule has 0 aliphatic carbocycles. The third-order valence-electron chi connectivity index (χ3n) is 4.30. The Labute approximate surface area is 124 Å². The number of aromatic nitrogens is 2. The molecular formula is C16H21N3S. The Bertz CT molecular complexity index is 585. The SMILES string of the molecule is CSc1cccc(-n2cncc2C2(C)CCNCC2)c1. The van der Waals surface area contributed by atoms with Gasteiger partial charge in [-0.3, -0.25) is 0 Å². The molecule has 1 N–H and O–H groups in total. The van der Waals surface area contributed by atoms with E-state index < -0.39 is 0 Å². The molecule has 20 heavy (non-hydrogen) atoms. The average Bonchev–Trinajstić information content (AvgIpc) is 2.98. The summed E-state index contributed by atoms with van der Waals surface area (Å²) in [4.78, 5) is 5.70. The van der Waals surface area contributed by atoms with Gasteiger partial charge in [0.2, 0.25) is 0 Å². The number of rotatable bonds is 3. The van der Waals surface area contributed by atoms with Crippen molar-refractivity contribution in [2.45, 2.75) is 30.1 Å². The molecule has 0 amide bonds. The van der Waals surface area contributed by atoms with Gasteiger partial charge >= 0.3 is 0 Å². The smallest absolute Gasteiger partial charge is 0.0994 e. The van der Waals surface area contributed by atoms with Gasteiger partial charge in [-0.25, -0.2) is 4.98 Å². The van der Waals surface area contributed by atoms with Crippen molar-refractivity contribution in [3.8, 4) is 5.69 Å². The fraction of sp³-hybridized carbons (Fsp3) is 0.438. The first-order chi connectivity index (χ1) is 9.73. The third kappa shape index (κ3) is 2.50. The van der Waals surface area contributed by atoms with Crippen LogP contribution in [0.3, 0.4) is 0 Å². The Morgan fingerprint density at radius 2 is 2.10 bits per heavy atom. The van der Waals surface area contributed by atoms with Crippen molar-refractivity contribution >= 4 is 11.8 Å². The quantitative estimate of drug-likeness (QED) is 0.879. The zero-order chi connectivity index (χ0) is 14.0. The molecule has 2 heterocycles. The lowest BCUT2D eigenvalue weighted by Crippen LogP contribution is -2.38. The highest BCUT2D eigenvalue weighted by Gasteiger charge is 2.31. The minimum absolute atomic E-state index is 0.219. The van der Waals surface area contributed by atoms with Crippen LogP contribution in [0.1, 0.15) is 25.5 Å². The Hall–Kier alpha value is -1.26. The number of thioether (sulfide) groups is 1. The van der Waals surface area contributed by atoms with Gasteiger partial charge in [-0.15, -0.1) is 11.8 Å². The molecule has 1 aliphatic heterocycles. The van der Waals surface area contributed by atoms with E-state index in [1.54, 1.807) is 11.8 Å². The summed E-state index contributed by atoms with van der Waals surface area (Å²) in [7, 11) is 0. The molecule has 0 atom stereocenters. The van der Waals surface area contributed by atoms with Crippen LogP contribution in [0.5, 0.6) is 0 Å². The number of benzene rings is 1. The van der Waals surface area contributed by atoms with Gasteiger partial charge in [-0.2, -0.15) is 0 Å². The topological polar surface area (TPSA) is 29.9 Å². The molecule has 0 saturated carbocycles. The number of nitrogens with zero attached hydrogens (tertiary/aromatic N) is 2. The summed E-state index contributed by atoms with van der Waals surface area (Å²) in [5, 5.41) is 3.45. The number of nitrogens with one attached hydrogen (secondary N) is 1. The first kappa shape index (κ1) is 13.7. The van der Waals surface area contributed by atoms with Crippen LogP contribution in [0, 0.1) is 0 Å². The lowest BCUT2D eigenvalue weighted by molar-refractivity contribution is 0.324. The van der Waals surface area contributed by atoms with Crippen molar-refractivity contribution in [2.24, 2.45) is 0 Å². The molecule has 1 aromatic heterocycles. The molecule has 106 valence electrons. The highest BCUT2D eigenvalue weighted by atomic mass is 32.2. The molecule has 0 spiro atoms. The van der Waals surface area contributed by atoms with Crippen LogP contribution < -0.4 is 5.32 Å². The van der Waals surface area contributed by atoms with Crippen molar-refractivity contribution in [1.29, 1.82) is 0 Å². The molecule has 4 heteroatoms. The van der Waals surface area contributed by atoms with Crippen molar-refractivity contribution in [2.75, 3.05) is 19.3 Å². The fourth-order valence-electron chi connectivity index (χ4n) is 2.94. The van der Waals surface area contributed by atoms with E-state index in [-0.39, 0.29) is 5.41 Å². The molecular weight excluding hydrogens is 266 g/mol. The molecule has 0 radical (unpaired) electrons. The van der Waals surface area contributed by atoms with Crippen LogP contribution >= 0.6 is 11.8 Å². The van der Waals surface area contributed by atoms with Gasteiger partial charge in [0.15, 0.2) is 0 Å². The molecule has 1 fully saturated rings. The predicted molar refractivity (Wildman–Crippen MR) is 84.8 cm³/mol. The van der Waals surface area contributed by atoms with E-state index in [9.17, 15) is 0 Å². The second-order valence-electron chi connectivity index (χ2n) is 5.66. The molecule has 3 nitrogen and oxygen atoms in total. The molecule has 1 aliphatic rings. The number of hydrogen-bond donors (Lipinski definition) is 1. The largest absolute Gasteiger partial charge is 0.317 e. The summed E-state index contributed by atoms with van der Waals surface area (Å²) < 4.78 is 2.26. The standard InChI is InChI=1S/C16H21N3S/c1-16(6-8-17-9-7-16)15-11-18-12-19(15)13-4-3-5-14(10-13)20-2/h3-5,10-12,17H,6-9H2,1-2H3. The maximum absolute atomic E-state index is 4.41. The van der Waals surface area contributed by atoms with E-state index in [1.807, 2.05) is 12.5 Å². The van der Waals surface area contributed by atoms with Crippen molar-refractivity contribution in [3.05, 3.63) is 42.5 Å². The third-order valence-corrected chi connectivity index (χ3v) is 5.02. The van der Waals surface area contributed by atoms with Crippen molar-refractivity contribution < 1.29 is 0 Å². The summed E-state index contributed by atoms with van der Waals surface area (Å²) in [6.45, 7) is 4.54. The summed E-state index contributed by atoms with van der Waals surface area (Å²) in [5.41, 5.74) is 2.76. The van der Waals surface area contributed by atoms with Gasteiger partial charge < -0.3 is 9.88 Å². The highest BCUT2D eigenvalue weighted by Crippen LogP contribution is 2.34. The van der Waals surface area contributed by atoms with E-state index >= 15 is 0 Å². The maximum atomic E-state index is 4.41. The Balaban J connectivity index is 2.01. The highest BCUT2D eigenvalue weighted by molar-refractivity contribution is 7.98. The maximum Gasteiger partial charge on any atom is 0.0994 e. The Kier molecular flexibility index (Phi) is 3.85. The summed E-state index contributed by atoms with van der Waals surface area (Å²) in [6, 6.07) is 8.67. The predicted octanol–water partition coefficient (Wildman–Crippen LogP) is 3.24. The van der Waals surface area contributed by atoms with Crippen LogP contribution in [0.25, 0.3) is 5.69 Å². The van der Waals surface area contributed by atoms with Crippen LogP contribution in [0.15, 0.2) is 41.7 Å². The number of imidazole rings is 1. The number of piperidine rings is 1. The van der Waals surface area contributed by atoms with Gasteiger partial charge in [0.25, 0.3) is 0 Å². The molecule has 2 aromatic rings. The zero-order valence-electron chi connectivity index (χ0n) is 12.1. The van der Waals surface area contributed by atoms with E-state index in [2.05, 4.69) is 52.3 Å². The molecule has 0 bridgehead atoms. The molecule has 1 saturated heterocycles.